The molecule has 1 saturated heterocycles. The number of nitrogens with zero attached hydrogens (tertiary/aromatic N) is 2. The Balaban J connectivity index is 0.000000317. The Hall–Kier alpha value is -3.75. The van der Waals surface area contributed by atoms with Crippen LogP contribution < -0.4 is 10.1 Å². The van der Waals surface area contributed by atoms with Crippen molar-refractivity contribution in [3.8, 4) is 5.75 Å². The van der Waals surface area contributed by atoms with E-state index in [-0.39, 0.29) is 19.1 Å². The molecule has 0 radical (unpaired) electrons. The van der Waals surface area contributed by atoms with Gasteiger partial charge in [0.25, 0.3) is 0 Å². The van der Waals surface area contributed by atoms with Crippen molar-refractivity contribution in [1.82, 2.24) is 15.1 Å². The van der Waals surface area contributed by atoms with E-state index in [2.05, 4.69) is 19.7 Å². The van der Waals surface area contributed by atoms with Crippen LogP contribution in [0.15, 0.2) is 48.5 Å². The highest BCUT2D eigenvalue weighted by Gasteiger charge is 2.33. The number of benzene rings is 2. The third-order valence-electron chi connectivity index (χ3n) is 6.30. The number of ether oxygens (including phenoxy) is 3. The molecule has 0 saturated carbocycles. The van der Waals surface area contributed by atoms with Crippen LogP contribution in [0.2, 0.25) is 0 Å². The van der Waals surface area contributed by atoms with Crippen molar-refractivity contribution in [3.05, 3.63) is 65.5 Å². The Morgan fingerprint density at radius 1 is 0.889 bits per heavy atom. The van der Waals surface area contributed by atoms with Gasteiger partial charge in [0.1, 0.15) is 11.6 Å². The Bertz CT molecular complexity index is 1170. The lowest BCUT2D eigenvalue weighted by Gasteiger charge is -2.36. The highest BCUT2D eigenvalue weighted by Crippen LogP contribution is 2.22. The second-order valence-corrected chi connectivity index (χ2v) is 10.9. The van der Waals surface area contributed by atoms with Crippen molar-refractivity contribution in [2.45, 2.75) is 58.2 Å². The Labute approximate surface area is 257 Å². The molecule has 2 aromatic rings. The Morgan fingerprint density at radius 2 is 1.42 bits per heavy atom. The standard InChI is InChI=1S/C16H20F4N2O2.C14H18F3NO3/c1-21-8-6-14(7-9-21)22(15(23)24-11-16(18,19)20)10-12-2-4-13(17)5-3-12;1-10(2)8-20-12-5-3-11(4-6-12)7-18-13(19)21-9-14(15,16)17/h2-5,14H,6-11H2,1H3;3-6,10H,7-9H2,1-2H3,(H,18,19). The average Bonchev–Trinajstić information content (AvgIpc) is 2.97. The second-order valence-electron chi connectivity index (χ2n) is 10.9. The van der Waals surface area contributed by atoms with Gasteiger partial charge in [0, 0.05) is 19.1 Å². The molecule has 15 heteroatoms. The van der Waals surface area contributed by atoms with Crippen LogP contribution in [0, 0.1) is 11.7 Å². The fourth-order valence-corrected chi connectivity index (χ4v) is 4.00. The molecule has 1 fully saturated rings. The largest absolute Gasteiger partial charge is 0.493 e. The van der Waals surface area contributed by atoms with Gasteiger partial charge in [0.15, 0.2) is 13.2 Å². The van der Waals surface area contributed by atoms with Gasteiger partial charge in [0.05, 0.1) is 6.61 Å². The molecule has 8 nitrogen and oxygen atoms in total. The molecule has 0 aliphatic carbocycles. The molecule has 0 atom stereocenters. The van der Waals surface area contributed by atoms with Crippen molar-refractivity contribution >= 4 is 12.2 Å². The highest BCUT2D eigenvalue weighted by atomic mass is 19.4. The van der Waals surface area contributed by atoms with Gasteiger partial charge in [-0.2, -0.15) is 26.3 Å². The van der Waals surface area contributed by atoms with E-state index in [9.17, 15) is 40.3 Å². The maximum Gasteiger partial charge on any atom is 0.422 e. The molecule has 1 heterocycles. The number of alkyl carbamates (subject to hydrolysis) is 1. The van der Waals surface area contributed by atoms with Gasteiger partial charge in [0.2, 0.25) is 0 Å². The molecule has 2 amide bonds. The zero-order valence-corrected chi connectivity index (χ0v) is 25.2. The number of amides is 2. The van der Waals surface area contributed by atoms with Gasteiger partial charge in [-0.25, -0.2) is 14.0 Å². The molecule has 3 rings (SSSR count). The molecule has 252 valence electrons. The number of hydrogen-bond donors (Lipinski definition) is 1. The normalized spacial score (nSPS) is 14.3. The fourth-order valence-electron chi connectivity index (χ4n) is 4.00. The van der Waals surface area contributed by atoms with Gasteiger partial charge in [-0.1, -0.05) is 38.1 Å². The van der Waals surface area contributed by atoms with Crippen molar-refractivity contribution in [2.75, 3.05) is 40.0 Å². The molecule has 0 aromatic heterocycles. The number of rotatable bonds is 10. The van der Waals surface area contributed by atoms with E-state index in [1.54, 1.807) is 24.3 Å². The van der Waals surface area contributed by atoms with Crippen LogP contribution in [0.25, 0.3) is 0 Å². The maximum absolute atomic E-state index is 13.0. The lowest BCUT2D eigenvalue weighted by Crippen LogP contribution is -2.46. The van der Waals surface area contributed by atoms with E-state index in [0.29, 0.717) is 36.7 Å². The van der Waals surface area contributed by atoms with E-state index < -0.39 is 43.6 Å². The molecular formula is C30H38F7N3O5. The minimum absolute atomic E-state index is 0.0845. The van der Waals surface area contributed by atoms with E-state index in [0.717, 1.165) is 18.7 Å². The van der Waals surface area contributed by atoms with Crippen molar-refractivity contribution < 1.29 is 54.5 Å². The zero-order chi connectivity index (χ0) is 33.6. The van der Waals surface area contributed by atoms with Gasteiger partial charge in [-0.3, -0.25) is 0 Å². The Morgan fingerprint density at radius 3 is 1.96 bits per heavy atom. The lowest BCUT2D eigenvalue weighted by molar-refractivity contribution is -0.163. The summed E-state index contributed by atoms with van der Waals surface area (Å²) >= 11 is 0. The predicted molar refractivity (Wildman–Crippen MR) is 151 cm³/mol. The number of likely N-dealkylation sites (tertiary alicyclic amines) is 1. The smallest absolute Gasteiger partial charge is 0.422 e. The van der Waals surface area contributed by atoms with Crippen LogP contribution in [0.1, 0.15) is 37.8 Å². The summed E-state index contributed by atoms with van der Waals surface area (Å²) in [5, 5.41) is 2.24. The molecule has 0 unspecified atom stereocenters. The number of carbonyl (C=O) groups is 2. The summed E-state index contributed by atoms with van der Waals surface area (Å²) in [4.78, 5) is 26.6. The third-order valence-corrected chi connectivity index (χ3v) is 6.30. The molecule has 0 spiro atoms. The van der Waals surface area contributed by atoms with Gasteiger partial charge in [-0.15, -0.1) is 0 Å². The number of halogens is 7. The highest BCUT2D eigenvalue weighted by molar-refractivity contribution is 5.68. The van der Waals surface area contributed by atoms with E-state index >= 15 is 0 Å². The second kappa shape index (κ2) is 17.7. The van der Waals surface area contributed by atoms with Crippen LogP contribution >= 0.6 is 0 Å². The summed E-state index contributed by atoms with van der Waals surface area (Å²) in [6.07, 6.45) is -9.88. The van der Waals surface area contributed by atoms with Crippen LogP contribution in [0.4, 0.5) is 40.3 Å². The van der Waals surface area contributed by atoms with E-state index in [1.165, 1.54) is 29.2 Å². The molecule has 2 aromatic carbocycles. The Kier molecular flexibility index (Phi) is 14.7. The summed E-state index contributed by atoms with van der Waals surface area (Å²) in [6, 6.07) is 12.2. The summed E-state index contributed by atoms with van der Waals surface area (Å²) in [6.45, 7) is 3.12. The topological polar surface area (TPSA) is 80.3 Å². The van der Waals surface area contributed by atoms with Crippen molar-refractivity contribution in [3.63, 3.8) is 0 Å². The van der Waals surface area contributed by atoms with Gasteiger partial charge in [-0.05, 0) is 74.3 Å². The molecule has 0 bridgehead atoms. The first kappa shape index (κ1) is 37.4. The molecule has 1 aliphatic rings. The fraction of sp³-hybridized carbons (Fsp3) is 0.533. The number of alkyl halides is 6. The molecule has 1 N–H and O–H groups in total. The molecule has 1 aliphatic heterocycles. The monoisotopic (exact) mass is 653 g/mol. The number of carbonyl (C=O) groups excluding carboxylic acids is 2. The summed E-state index contributed by atoms with van der Waals surface area (Å²) in [7, 11) is 1.95. The third kappa shape index (κ3) is 16.2. The average molecular weight is 654 g/mol. The number of piperidine rings is 1. The predicted octanol–water partition coefficient (Wildman–Crippen LogP) is 6.93. The van der Waals surface area contributed by atoms with E-state index in [4.69, 9.17) is 4.74 Å². The van der Waals surface area contributed by atoms with Crippen molar-refractivity contribution in [1.29, 1.82) is 0 Å². The molecular weight excluding hydrogens is 615 g/mol. The molecule has 45 heavy (non-hydrogen) atoms. The SMILES string of the molecule is CC(C)COc1ccc(CNC(=O)OCC(F)(F)F)cc1.CN1CCC(N(Cc2ccc(F)cc2)C(=O)OCC(F)(F)F)CC1. The minimum Gasteiger partial charge on any atom is -0.493 e. The first-order valence-corrected chi connectivity index (χ1v) is 14.1. The first-order valence-electron chi connectivity index (χ1n) is 14.1. The van der Waals surface area contributed by atoms with Crippen LogP contribution in [0.3, 0.4) is 0 Å². The van der Waals surface area contributed by atoms with Gasteiger partial charge >= 0.3 is 24.5 Å². The maximum atomic E-state index is 13.0. The van der Waals surface area contributed by atoms with Crippen LogP contribution in [-0.4, -0.2) is 80.3 Å². The summed E-state index contributed by atoms with van der Waals surface area (Å²) in [5.41, 5.74) is 1.37. The zero-order valence-electron chi connectivity index (χ0n) is 25.2. The number of nitrogens with one attached hydrogen (secondary N) is 1. The van der Waals surface area contributed by atoms with Crippen LogP contribution in [0.5, 0.6) is 5.75 Å². The van der Waals surface area contributed by atoms with Crippen molar-refractivity contribution in [2.24, 2.45) is 5.92 Å². The summed E-state index contributed by atoms with van der Waals surface area (Å²) in [5.74, 6) is 0.700. The van der Waals surface area contributed by atoms with Gasteiger partial charge < -0.3 is 29.3 Å². The number of hydrogen-bond acceptors (Lipinski definition) is 6. The first-order chi connectivity index (χ1) is 21.0. The van der Waals surface area contributed by atoms with Crippen LogP contribution in [-0.2, 0) is 22.6 Å². The van der Waals surface area contributed by atoms with E-state index in [1.807, 2.05) is 20.9 Å². The minimum atomic E-state index is -4.57. The quantitative estimate of drug-likeness (QED) is 0.280. The summed E-state index contributed by atoms with van der Waals surface area (Å²) < 4.78 is 99.3. The lowest BCUT2D eigenvalue weighted by atomic mass is 10.0.